The molecule has 0 fully saturated rings. The van der Waals surface area contributed by atoms with E-state index in [0.717, 1.165) is 22.3 Å². The number of aryl methyl sites for hydroxylation is 2. The first-order chi connectivity index (χ1) is 8.43. The van der Waals surface area contributed by atoms with Crippen molar-refractivity contribution < 1.29 is 15.3 Å². The molecule has 2 rings (SSSR count). The molecular weight excluding hydrogens is 228 g/mol. The maximum atomic E-state index is 9.96. The molecule has 0 saturated carbocycles. The van der Waals surface area contributed by atoms with Gasteiger partial charge in [0.15, 0.2) is 11.5 Å². The van der Waals surface area contributed by atoms with Gasteiger partial charge >= 0.3 is 0 Å². The molecule has 2 aromatic rings. The summed E-state index contributed by atoms with van der Waals surface area (Å²) in [4.78, 5) is 0. The van der Waals surface area contributed by atoms with E-state index in [-0.39, 0.29) is 11.5 Å². The van der Waals surface area contributed by atoms with Crippen LogP contribution in [0.15, 0.2) is 24.3 Å². The number of aromatic hydroxyl groups is 3. The van der Waals surface area contributed by atoms with Crippen LogP contribution in [0.25, 0.3) is 11.1 Å². The van der Waals surface area contributed by atoms with Gasteiger partial charge in [-0.15, -0.1) is 0 Å². The minimum Gasteiger partial charge on any atom is -0.504 e. The van der Waals surface area contributed by atoms with Gasteiger partial charge in [-0.05, 0) is 55.2 Å². The maximum Gasteiger partial charge on any atom is 0.200 e. The van der Waals surface area contributed by atoms with E-state index in [1.165, 1.54) is 6.07 Å². The highest BCUT2D eigenvalue weighted by Crippen LogP contribution is 2.44. The van der Waals surface area contributed by atoms with Crippen LogP contribution in [-0.2, 0) is 0 Å². The van der Waals surface area contributed by atoms with Crippen LogP contribution in [0.5, 0.6) is 17.2 Å². The molecule has 0 radical (unpaired) electrons. The van der Waals surface area contributed by atoms with Gasteiger partial charge in [0, 0.05) is 5.56 Å². The predicted molar refractivity (Wildman–Crippen MR) is 71.1 cm³/mol. The van der Waals surface area contributed by atoms with Crippen molar-refractivity contribution in [2.45, 2.75) is 20.8 Å². The van der Waals surface area contributed by atoms with Crippen molar-refractivity contribution in [1.82, 2.24) is 0 Å². The molecular formula is C15H16O3. The zero-order chi connectivity index (χ0) is 13.4. The van der Waals surface area contributed by atoms with E-state index >= 15 is 0 Å². The Labute approximate surface area is 106 Å². The Hall–Kier alpha value is -2.16. The number of benzene rings is 2. The van der Waals surface area contributed by atoms with Crippen LogP contribution in [0.2, 0.25) is 0 Å². The van der Waals surface area contributed by atoms with Crippen molar-refractivity contribution in [3.05, 3.63) is 41.0 Å². The number of hydrogen-bond donors (Lipinski definition) is 3. The highest BCUT2D eigenvalue weighted by molar-refractivity contribution is 5.80. The minimum atomic E-state index is -0.479. The van der Waals surface area contributed by atoms with Crippen LogP contribution >= 0.6 is 0 Å². The molecule has 3 heteroatoms. The highest BCUT2D eigenvalue weighted by atomic mass is 16.3. The van der Waals surface area contributed by atoms with E-state index in [9.17, 15) is 15.3 Å². The van der Waals surface area contributed by atoms with Gasteiger partial charge in [-0.3, -0.25) is 0 Å². The Kier molecular flexibility index (Phi) is 2.91. The third kappa shape index (κ3) is 1.78. The Balaban J connectivity index is 2.78. The molecule has 0 atom stereocenters. The van der Waals surface area contributed by atoms with Gasteiger partial charge in [0.2, 0.25) is 5.75 Å². The lowest BCUT2D eigenvalue weighted by molar-refractivity contribution is 0.369. The lowest BCUT2D eigenvalue weighted by Gasteiger charge is -2.15. The number of hydrogen-bond acceptors (Lipinski definition) is 3. The molecule has 3 N–H and O–H groups in total. The SMILES string of the molecule is Cc1ccc(C)c(-c2ccc(O)c(O)c2O)c1C. The molecule has 94 valence electrons. The van der Waals surface area contributed by atoms with E-state index < -0.39 is 5.75 Å². The summed E-state index contributed by atoms with van der Waals surface area (Å²) in [6, 6.07) is 6.98. The molecule has 0 spiro atoms. The first-order valence-corrected chi connectivity index (χ1v) is 5.74. The number of phenolic OH excluding ortho intramolecular Hbond substituents is 3. The molecule has 0 heterocycles. The fourth-order valence-corrected chi connectivity index (χ4v) is 2.14. The topological polar surface area (TPSA) is 60.7 Å². The van der Waals surface area contributed by atoms with Crippen molar-refractivity contribution in [2.75, 3.05) is 0 Å². The van der Waals surface area contributed by atoms with E-state index in [2.05, 4.69) is 0 Å². The quantitative estimate of drug-likeness (QED) is 0.674. The highest BCUT2D eigenvalue weighted by Gasteiger charge is 2.16. The predicted octanol–water partition coefficient (Wildman–Crippen LogP) is 3.40. The van der Waals surface area contributed by atoms with E-state index in [1.807, 2.05) is 32.9 Å². The van der Waals surface area contributed by atoms with Crippen molar-refractivity contribution in [1.29, 1.82) is 0 Å². The molecule has 0 aliphatic heterocycles. The van der Waals surface area contributed by atoms with Crippen molar-refractivity contribution in [2.24, 2.45) is 0 Å². The summed E-state index contributed by atoms with van der Waals surface area (Å²) < 4.78 is 0. The molecule has 2 aromatic carbocycles. The minimum absolute atomic E-state index is 0.285. The average molecular weight is 244 g/mol. The zero-order valence-electron chi connectivity index (χ0n) is 10.7. The van der Waals surface area contributed by atoms with Gasteiger partial charge in [0.05, 0.1) is 0 Å². The first-order valence-electron chi connectivity index (χ1n) is 5.74. The monoisotopic (exact) mass is 244 g/mol. The Morgan fingerprint density at radius 1 is 0.722 bits per heavy atom. The second kappa shape index (κ2) is 4.26. The molecule has 0 saturated heterocycles. The molecule has 0 bridgehead atoms. The largest absolute Gasteiger partial charge is 0.504 e. The second-order valence-corrected chi connectivity index (χ2v) is 4.53. The molecule has 0 aliphatic rings. The van der Waals surface area contributed by atoms with E-state index in [1.54, 1.807) is 6.07 Å². The number of phenols is 3. The summed E-state index contributed by atoms with van der Waals surface area (Å²) in [6.45, 7) is 5.92. The summed E-state index contributed by atoms with van der Waals surface area (Å²) in [5.74, 6) is -1.08. The summed E-state index contributed by atoms with van der Waals surface area (Å²) in [5.41, 5.74) is 4.60. The van der Waals surface area contributed by atoms with Crippen LogP contribution in [0.3, 0.4) is 0 Å². The molecule has 3 nitrogen and oxygen atoms in total. The Morgan fingerprint density at radius 3 is 2.00 bits per heavy atom. The second-order valence-electron chi connectivity index (χ2n) is 4.53. The van der Waals surface area contributed by atoms with Gasteiger partial charge < -0.3 is 15.3 Å². The van der Waals surface area contributed by atoms with Gasteiger partial charge in [-0.2, -0.15) is 0 Å². The summed E-state index contributed by atoms with van der Waals surface area (Å²) >= 11 is 0. The summed E-state index contributed by atoms with van der Waals surface area (Å²) in [5, 5.41) is 28.9. The van der Waals surface area contributed by atoms with Crippen LogP contribution in [-0.4, -0.2) is 15.3 Å². The van der Waals surface area contributed by atoms with E-state index in [0.29, 0.717) is 5.56 Å². The number of rotatable bonds is 1. The standard InChI is InChI=1S/C15H16O3/c1-8-4-5-9(2)13(10(8)3)11-6-7-12(16)15(18)14(11)17/h4-7,16-18H,1-3H3. The normalized spacial score (nSPS) is 10.6. The smallest absolute Gasteiger partial charge is 0.200 e. The van der Waals surface area contributed by atoms with Gasteiger partial charge in [0.25, 0.3) is 0 Å². The van der Waals surface area contributed by atoms with Crippen molar-refractivity contribution in [3.63, 3.8) is 0 Å². The average Bonchev–Trinajstić information content (AvgIpc) is 2.34. The van der Waals surface area contributed by atoms with Crippen molar-refractivity contribution >= 4 is 0 Å². The Morgan fingerprint density at radius 2 is 1.33 bits per heavy atom. The molecule has 0 aliphatic carbocycles. The lowest BCUT2D eigenvalue weighted by Crippen LogP contribution is -1.92. The molecule has 0 amide bonds. The third-order valence-corrected chi connectivity index (χ3v) is 3.34. The summed E-state index contributed by atoms with van der Waals surface area (Å²) in [7, 11) is 0. The third-order valence-electron chi connectivity index (χ3n) is 3.34. The van der Waals surface area contributed by atoms with Gasteiger partial charge in [0.1, 0.15) is 0 Å². The van der Waals surface area contributed by atoms with Gasteiger partial charge in [-0.25, -0.2) is 0 Å². The van der Waals surface area contributed by atoms with Crippen LogP contribution in [0, 0.1) is 20.8 Å². The molecule has 0 aromatic heterocycles. The van der Waals surface area contributed by atoms with Crippen LogP contribution in [0.4, 0.5) is 0 Å². The van der Waals surface area contributed by atoms with Gasteiger partial charge in [-0.1, -0.05) is 12.1 Å². The first kappa shape index (κ1) is 12.3. The van der Waals surface area contributed by atoms with Crippen LogP contribution < -0.4 is 0 Å². The summed E-state index contributed by atoms with van der Waals surface area (Å²) in [6.07, 6.45) is 0. The van der Waals surface area contributed by atoms with Crippen molar-refractivity contribution in [3.8, 4) is 28.4 Å². The fraction of sp³-hybridized carbons (Fsp3) is 0.200. The zero-order valence-corrected chi connectivity index (χ0v) is 10.7. The lowest BCUT2D eigenvalue weighted by atomic mass is 9.92. The molecule has 18 heavy (non-hydrogen) atoms. The fourth-order valence-electron chi connectivity index (χ4n) is 2.14. The van der Waals surface area contributed by atoms with Crippen LogP contribution in [0.1, 0.15) is 16.7 Å². The maximum absolute atomic E-state index is 9.96. The molecule has 0 unspecified atom stereocenters. The van der Waals surface area contributed by atoms with E-state index in [4.69, 9.17) is 0 Å². The Bertz CT molecular complexity index is 616.